The van der Waals surface area contributed by atoms with Crippen LogP contribution in [-0.2, 0) is 0 Å². The first-order valence-corrected chi connectivity index (χ1v) is 4.15. The SMILES string of the molecule is O=c1cnc2cc3[nH]cnc3cc2[nH]1. The van der Waals surface area contributed by atoms with Gasteiger partial charge in [0.15, 0.2) is 0 Å². The van der Waals surface area contributed by atoms with Crippen molar-refractivity contribution >= 4 is 22.1 Å². The molecule has 2 N–H and O–H groups in total. The summed E-state index contributed by atoms with van der Waals surface area (Å²) in [5.41, 5.74) is 2.99. The number of aromatic nitrogens is 4. The Kier molecular flexibility index (Phi) is 1.25. The number of hydrogen-bond donors (Lipinski definition) is 2. The molecule has 2 aromatic heterocycles. The summed E-state index contributed by atoms with van der Waals surface area (Å²) in [5.74, 6) is 0. The maximum absolute atomic E-state index is 11.0. The number of imidazole rings is 1. The molecule has 3 rings (SSSR count). The highest BCUT2D eigenvalue weighted by Gasteiger charge is 2.00. The second kappa shape index (κ2) is 2.41. The third-order valence-corrected chi connectivity index (χ3v) is 2.12. The van der Waals surface area contributed by atoms with E-state index in [1.807, 2.05) is 6.07 Å². The molecule has 2 heterocycles. The van der Waals surface area contributed by atoms with Gasteiger partial charge in [-0.15, -0.1) is 0 Å². The van der Waals surface area contributed by atoms with Crippen LogP contribution in [0, 0.1) is 0 Å². The maximum atomic E-state index is 11.0. The van der Waals surface area contributed by atoms with Gasteiger partial charge in [0, 0.05) is 0 Å². The van der Waals surface area contributed by atoms with Crippen molar-refractivity contribution in [3.05, 3.63) is 35.0 Å². The molecule has 68 valence electrons. The Morgan fingerprint density at radius 2 is 1.86 bits per heavy atom. The Bertz CT molecular complexity index is 667. The first-order chi connectivity index (χ1) is 6.83. The van der Waals surface area contributed by atoms with Gasteiger partial charge in [0.25, 0.3) is 5.56 Å². The van der Waals surface area contributed by atoms with Gasteiger partial charge >= 0.3 is 0 Å². The first kappa shape index (κ1) is 7.25. The number of H-pyrrole nitrogens is 2. The third-order valence-electron chi connectivity index (χ3n) is 2.12. The first-order valence-electron chi connectivity index (χ1n) is 4.15. The quantitative estimate of drug-likeness (QED) is 0.545. The average Bonchev–Trinajstić information content (AvgIpc) is 2.61. The summed E-state index contributed by atoms with van der Waals surface area (Å²) in [6, 6.07) is 3.66. The molecule has 5 heteroatoms. The molecule has 5 nitrogen and oxygen atoms in total. The number of nitrogens with one attached hydrogen (secondary N) is 2. The van der Waals surface area contributed by atoms with Gasteiger partial charge in [-0.05, 0) is 12.1 Å². The van der Waals surface area contributed by atoms with E-state index in [2.05, 4.69) is 19.9 Å². The molecule has 0 amide bonds. The fourth-order valence-electron chi connectivity index (χ4n) is 1.47. The smallest absolute Gasteiger partial charge is 0.266 e. The minimum absolute atomic E-state index is 0.201. The highest BCUT2D eigenvalue weighted by molar-refractivity contribution is 5.90. The van der Waals surface area contributed by atoms with Gasteiger partial charge in [-0.25, -0.2) is 9.97 Å². The Labute approximate surface area is 77.8 Å². The number of nitrogens with zero attached hydrogens (tertiary/aromatic N) is 2. The largest absolute Gasteiger partial charge is 0.345 e. The second-order valence-electron chi connectivity index (χ2n) is 3.04. The lowest BCUT2D eigenvalue weighted by Crippen LogP contribution is -2.04. The van der Waals surface area contributed by atoms with E-state index in [4.69, 9.17) is 0 Å². The molecule has 0 saturated carbocycles. The van der Waals surface area contributed by atoms with E-state index in [0.717, 1.165) is 16.6 Å². The fraction of sp³-hybridized carbons (Fsp3) is 0. The zero-order valence-corrected chi connectivity index (χ0v) is 7.11. The lowest BCUT2D eigenvalue weighted by Gasteiger charge is -1.95. The Morgan fingerprint density at radius 1 is 1.07 bits per heavy atom. The third kappa shape index (κ3) is 0.922. The van der Waals surface area contributed by atoms with Crippen molar-refractivity contribution in [1.29, 1.82) is 0 Å². The van der Waals surface area contributed by atoms with E-state index >= 15 is 0 Å². The van der Waals surface area contributed by atoms with Gasteiger partial charge in [0.1, 0.15) is 0 Å². The predicted octanol–water partition coefficient (Wildman–Crippen LogP) is 0.799. The molecule has 0 aliphatic rings. The Balaban J connectivity index is 2.56. The van der Waals surface area contributed by atoms with Crippen LogP contribution in [0.5, 0.6) is 0 Å². The van der Waals surface area contributed by atoms with Crippen molar-refractivity contribution in [2.45, 2.75) is 0 Å². The summed E-state index contributed by atoms with van der Waals surface area (Å²) in [4.78, 5) is 24.8. The molecule has 0 spiro atoms. The Hall–Kier alpha value is -2.17. The summed E-state index contributed by atoms with van der Waals surface area (Å²) < 4.78 is 0. The van der Waals surface area contributed by atoms with E-state index in [1.165, 1.54) is 6.20 Å². The molecule has 0 saturated heterocycles. The van der Waals surface area contributed by atoms with Crippen LogP contribution in [0.25, 0.3) is 22.1 Å². The van der Waals surface area contributed by atoms with Crippen LogP contribution in [-0.4, -0.2) is 19.9 Å². The highest BCUT2D eigenvalue weighted by atomic mass is 16.1. The number of benzene rings is 1. The molecule has 0 unspecified atom stereocenters. The van der Waals surface area contributed by atoms with Gasteiger partial charge in [0.05, 0.1) is 34.6 Å². The molecule has 14 heavy (non-hydrogen) atoms. The van der Waals surface area contributed by atoms with Crippen molar-refractivity contribution < 1.29 is 0 Å². The monoisotopic (exact) mass is 186 g/mol. The van der Waals surface area contributed by atoms with E-state index in [0.29, 0.717) is 5.52 Å². The molecule has 0 radical (unpaired) electrons. The van der Waals surface area contributed by atoms with Crippen LogP contribution in [0.4, 0.5) is 0 Å². The van der Waals surface area contributed by atoms with Crippen molar-refractivity contribution in [3.63, 3.8) is 0 Å². The van der Waals surface area contributed by atoms with Crippen LogP contribution < -0.4 is 5.56 Å². The average molecular weight is 186 g/mol. The molecule has 0 bridgehead atoms. The minimum Gasteiger partial charge on any atom is -0.345 e. The maximum Gasteiger partial charge on any atom is 0.266 e. The molecular formula is C9H6N4O. The number of hydrogen-bond acceptors (Lipinski definition) is 3. The Morgan fingerprint density at radius 3 is 2.79 bits per heavy atom. The fourth-order valence-corrected chi connectivity index (χ4v) is 1.47. The van der Waals surface area contributed by atoms with Crippen LogP contribution in [0.15, 0.2) is 29.5 Å². The van der Waals surface area contributed by atoms with E-state index in [1.54, 1.807) is 12.4 Å². The van der Waals surface area contributed by atoms with Gasteiger partial charge in [-0.2, -0.15) is 0 Å². The molecule has 3 aromatic rings. The second-order valence-corrected chi connectivity index (χ2v) is 3.04. The molecule has 0 atom stereocenters. The summed E-state index contributed by atoms with van der Waals surface area (Å²) in [5, 5.41) is 0. The van der Waals surface area contributed by atoms with Crippen molar-refractivity contribution in [1.82, 2.24) is 19.9 Å². The van der Waals surface area contributed by atoms with Gasteiger partial charge in [-0.1, -0.05) is 0 Å². The van der Waals surface area contributed by atoms with Crippen molar-refractivity contribution in [3.8, 4) is 0 Å². The van der Waals surface area contributed by atoms with E-state index < -0.39 is 0 Å². The topological polar surface area (TPSA) is 74.4 Å². The zero-order valence-electron chi connectivity index (χ0n) is 7.11. The van der Waals surface area contributed by atoms with Gasteiger partial charge < -0.3 is 9.97 Å². The predicted molar refractivity (Wildman–Crippen MR) is 52.0 cm³/mol. The van der Waals surface area contributed by atoms with Gasteiger partial charge in [0.2, 0.25) is 0 Å². The highest BCUT2D eigenvalue weighted by Crippen LogP contribution is 2.15. The van der Waals surface area contributed by atoms with Crippen LogP contribution >= 0.6 is 0 Å². The van der Waals surface area contributed by atoms with Crippen molar-refractivity contribution in [2.24, 2.45) is 0 Å². The van der Waals surface area contributed by atoms with Crippen molar-refractivity contribution in [2.75, 3.05) is 0 Å². The number of fused-ring (bicyclic) bond motifs is 2. The molecule has 1 aromatic carbocycles. The zero-order chi connectivity index (χ0) is 9.54. The van der Waals surface area contributed by atoms with Crippen LogP contribution in [0.2, 0.25) is 0 Å². The molecular weight excluding hydrogens is 180 g/mol. The van der Waals surface area contributed by atoms with Crippen LogP contribution in [0.1, 0.15) is 0 Å². The van der Waals surface area contributed by atoms with Gasteiger partial charge in [-0.3, -0.25) is 4.79 Å². The minimum atomic E-state index is -0.201. The normalized spacial score (nSPS) is 11.1. The molecule has 0 aliphatic carbocycles. The molecule has 0 fully saturated rings. The van der Waals surface area contributed by atoms with E-state index in [9.17, 15) is 4.79 Å². The lowest BCUT2D eigenvalue weighted by molar-refractivity contribution is 1.22. The lowest BCUT2D eigenvalue weighted by atomic mass is 10.2. The molecule has 0 aliphatic heterocycles. The summed E-state index contributed by atoms with van der Waals surface area (Å²) in [6.07, 6.45) is 2.88. The summed E-state index contributed by atoms with van der Waals surface area (Å²) in [6.45, 7) is 0. The van der Waals surface area contributed by atoms with E-state index in [-0.39, 0.29) is 5.56 Å². The van der Waals surface area contributed by atoms with Crippen LogP contribution in [0.3, 0.4) is 0 Å². The standard InChI is InChI=1S/C9H6N4O/c14-9-3-10-7-1-5-6(12-4-11-5)2-8(7)13-9/h1-4H,(H,11,12)(H,13,14). The summed E-state index contributed by atoms with van der Waals surface area (Å²) in [7, 11) is 0. The number of aromatic amines is 2. The summed E-state index contributed by atoms with van der Waals surface area (Å²) >= 11 is 0. The number of rotatable bonds is 0.